The standard InChI is InChI=1S/C23H17F9N2O4S/c1-39(36,37)9-18(35)34-10-20(26,11-34)13-4-2-12(3-5-13)17-8-21(38-33-17,23(30,31)32)14-6-15(22(27,28)29)19(25)16(24)7-14/h2-7H,8-11H2,1H3. The fraction of sp³-hybridized carbons (Fsp3) is 0.391. The number of likely N-dealkylation sites (tertiary alicyclic amines) is 1. The number of hydrogen-bond acceptors (Lipinski definition) is 5. The van der Waals surface area contributed by atoms with E-state index in [4.69, 9.17) is 0 Å². The van der Waals surface area contributed by atoms with Gasteiger partial charge in [-0.2, -0.15) is 26.3 Å². The predicted molar refractivity (Wildman–Crippen MR) is 117 cm³/mol. The van der Waals surface area contributed by atoms with E-state index >= 15 is 4.39 Å². The number of amides is 1. The summed E-state index contributed by atoms with van der Waals surface area (Å²) in [5.41, 5.74) is -9.65. The Morgan fingerprint density at radius 3 is 2.13 bits per heavy atom. The largest absolute Gasteiger partial charge is 0.435 e. The van der Waals surface area contributed by atoms with Gasteiger partial charge in [0.1, 0.15) is 5.75 Å². The average molecular weight is 588 g/mol. The third kappa shape index (κ3) is 5.30. The van der Waals surface area contributed by atoms with Gasteiger partial charge in [-0.05, 0) is 23.3 Å². The number of carbonyl (C=O) groups is 1. The molecule has 16 heteroatoms. The van der Waals surface area contributed by atoms with Crippen LogP contribution in [0.3, 0.4) is 0 Å². The fourth-order valence-electron chi connectivity index (χ4n) is 4.28. The second kappa shape index (κ2) is 9.13. The molecule has 4 rings (SSSR count). The minimum absolute atomic E-state index is 0.0201. The summed E-state index contributed by atoms with van der Waals surface area (Å²) in [7, 11) is -3.63. The zero-order chi connectivity index (χ0) is 29.2. The van der Waals surface area contributed by atoms with E-state index in [0.717, 1.165) is 11.2 Å². The van der Waals surface area contributed by atoms with E-state index in [1.807, 2.05) is 0 Å². The van der Waals surface area contributed by atoms with Crippen molar-refractivity contribution in [2.24, 2.45) is 5.16 Å². The first-order valence-corrected chi connectivity index (χ1v) is 13.0. The molecule has 2 heterocycles. The highest BCUT2D eigenvalue weighted by atomic mass is 32.2. The van der Waals surface area contributed by atoms with E-state index in [1.54, 1.807) is 0 Å². The molecular formula is C23H17F9N2O4S. The van der Waals surface area contributed by atoms with Crippen LogP contribution >= 0.6 is 0 Å². The third-order valence-electron chi connectivity index (χ3n) is 6.34. The normalized spacial score (nSPS) is 21.3. The molecule has 1 saturated heterocycles. The number of oxime groups is 1. The van der Waals surface area contributed by atoms with Crippen LogP contribution in [0.4, 0.5) is 39.5 Å². The van der Waals surface area contributed by atoms with Crippen molar-refractivity contribution in [1.29, 1.82) is 0 Å². The molecule has 2 aliphatic heterocycles. The number of nitrogens with zero attached hydrogens (tertiary/aromatic N) is 2. The highest BCUT2D eigenvalue weighted by molar-refractivity contribution is 7.91. The Kier molecular flexibility index (Phi) is 6.72. The number of carbonyl (C=O) groups excluding carboxylic acids is 1. The summed E-state index contributed by atoms with van der Waals surface area (Å²) in [6, 6.07) is 4.47. The molecule has 212 valence electrons. The summed E-state index contributed by atoms with van der Waals surface area (Å²) in [6.07, 6.45) is -11.3. The molecule has 6 nitrogen and oxygen atoms in total. The van der Waals surface area contributed by atoms with E-state index in [1.165, 1.54) is 24.3 Å². The van der Waals surface area contributed by atoms with Gasteiger partial charge >= 0.3 is 12.4 Å². The van der Waals surface area contributed by atoms with Crippen LogP contribution in [0.1, 0.15) is 28.7 Å². The first-order valence-electron chi connectivity index (χ1n) is 10.9. The lowest BCUT2D eigenvalue weighted by atomic mass is 9.84. The molecule has 2 aromatic carbocycles. The Bertz CT molecular complexity index is 1450. The number of benzene rings is 2. The molecule has 0 spiro atoms. The van der Waals surface area contributed by atoms with E-state index in [2.05, 4.69) is 9.99 Å². The molecule has 0 aromatic heterocycles. The predicted octanol–water partition coefficient (Wildman–Crippen LogP) is 4.62. The molecular weight excluding hydrogens is 571 g/mol. The Balaban J connectivity index is 1.57. The SMILES string of the molecule is CS(=O)(=O)CC(=O)N1CC(F)(c2ccc(C3=NOC(c4cc(F)c(F)c(C(F)(F)F)c4)(C(F)(F)F)C3)cc2)C1. The lowest BCUT2D eigenvalue weighted by Gasteiger charge is -2.44. The second-order valence-electron chi connectivity index (χ2n) is 9.31. The lowest BCUT2D eigenvalue weighted by Crippen LogP contribution is -2.59. The minimum atomic E-state index is -5.50. The summed E-state index contributed by atoms with van der Waals surface area (Å²) in [4.78, 5) is 17.5. The van der Waals surface area contributed by atoms with Crippen molar-refractivity contribution in [3.63, 3.8) is 0 Å². The highest BCUT2D eigenvalue weighted by Gasteiger charge is 2.63. The van der Waals surface area contributed by atoms with Crippen molar-refractivity contribution in [3.8, 4) is 0 Å². The van der Waals surface area contributed by atoms with Crippen molar-refractivity contribution in [2.75, 3.05) is 25.1 Å². The van der Waals surface area contributed by atoms with Gasteiger partial charge in [-0.15, -0.1) is 0 Å². The first-order chi connectivity index (χ1) is 17.8. The van der Waals surface area contributed by atoms with Crippen LogP contribution in [0.2, 0.25) is 0 Å². The minimum Gasteiger partial charge on any atom is -0.374 e. The van der Waals surface area contributed by atoms with E-state index in [9.17, 15) is 48.3 Å². The van der Waals surface area contributed by atoms with Gasteiger partial charge in [-0.1, -0.05) is 29.4 Å². The maximum atomic E-state index is 15.2. The molecule has 0 radical (unpaired) electrons. The molecule has 0 saturated carbocycles. The Morgan fingerprint density at radius 1 is 1.03 bits per heavy atom. The number of sulfone groups is 1. The lowest BCUT2D eigenvalue weighted by molar-refractivity contribution is -0.276. The molecule has 1 atom stereocenters. The Labute approximate surface area is 214 Å². The summed E-state index contributed by atoms with van der Waals surface area (Å²) >= 11 is 0. The summed E-state index contributed by atoms with van der Waals surface area (Å²) in [5, 5.41) is 3.34. The molecule has 39 heavy (non-hydrogen) atoms. The van der Waals surface area contributed by atoms with Crippen LogP contribution in [0.25, 0.3) is 0 Å². The topological polar surface area (TPSA) is 76.0 Å². The molecule has 1 unspecified atom stereocenters. The number of alkyl halides is 7. The monoisotopic (exact) mass is 588 g/mol. The Hall–Kier alpha value is -3.30. The maximum Gasteiger partial charge on any atom is 0.435 e. The zero-order valence-corrected chi connectivity index (χ0v) is 20.4. The molecule has 2 aromatic rings. The van der Waals surface area contributed by atoms with Crippen molar-refractivity contribution in [1.82, 2.24) is 4.90 Å². The van der Waals surface area contributed by atoms with Gasteiger partial charge in [0.15, 0.2) is 27.1 Å². The average Bonchev–Trinajstić information content (AvgIpc) is 3.24. The van der Waals surface area contributed by atoms with Crippen molar-refractivity contribution in [2.45, 2.75) is 30.0 Å². The van der Waals surface area contributed by atoms with Crippen LogP contribution in [0, 0.1) is 11.6 Å². The van der Waals surface area contributed by atoms with Gasteiger partial charge in [-0.3, -0.25) is 4.79 Å². The molecule has 1 fully saturated rings. The molecule has 0 aliphatic carbocycles. The maximum absolute atomic E-state index is 15.2. The van der Waals surface area contributed by atoms with Crippen LogP contribution in [0.15, 0.2) is 41.6 Å². The van der Waals surface area contributed by atoms with E-state index in [-0.39, 0.29) is 23.3 Å². The number of halogens is 9. The van der Waals surface area contributed by atoms with Crippen LogP contribution < -0.4 is 0 Å². The van der Waals surface area contributed by atoms with Crippen LogP contribution in [0.5, 0.6) is 0 Å². The molecule has 1 amide bonds. The number of rotatable bonds is 5. The highest BCUT2D eigenvalue weighted by Crippen LogP contribution is 2.50. The molecule has 0 bridgehead atoms. The summed E-state index contributed by atoms with van der Waals surface area (Å²) < 4.78 is 147. The first kappa shape index (κ1) is 28.7. The van der Waals surface area contributed by atoms with E-state index < -0.39 is 93.1 Å². The summed E-state index contributed by atoms with van der Waals surface area (Å²) in [6.45, 7) is -0.917. The Morgan fingerprint density at radius 2 is 1.62 bits per heavy atom. The third-order valence-corrected chi connectivity index (χ3v) is 7.11. The van der Waals surface area contributed by atoms with Gasteiger partial charge in [0, 0.05) is 18.2 Å². The summed E-state index contributed by atoms with van der Waals surface area (Å²) in [5.74, 6) is -6.13. The molecule has 0 N–H and O–H groups in total. The van der Waals surface area contributed by atoms with Crippen molar-refractivity contribution >= 4 is 21.5 Å². The number of hydrogen-bond donors (Lipinski definition) is 0. The van der Waals surface area contributed by atoms with Gasteiger partial charge in [-0.25, -0.2) is 21.6 Å². The second-order valence-corrected chi connectivity index (χ2v) is 11.5. The zero-order valence-electron chi connectivity index (χ0n) is 19.6. The van der Waals surface area contributed by atoms with Gasteiger partial charge in [0.2, 0.25) is 5.91 Å². The van der Waals surface area contributed by atoms with Crippen molar-refractivity contribution < 1.29 is 57.6 Å². The molecule has 2 aliphatic rings. The van der Waals surface area contributed by atoms with Crippen LogP contribution in [-0.2, 0) is 36.9 Å². The van der Waals surface area contributed by atoms with Gasteiger partial charge < -0.3 is 9.74 Å². The van der Waals surface area contributed by atoms with Gasteiger partial charge in [0.25, 0.3) is 5.60 Å². The smallest absolute Gasteiger partial charge is 0.374 e. The van der Waals surface area contributed by atoms with Crippen molar-refractivity contribution in [3.05, 3.63) is 70.3 Å². The fourth-order valence-corrected chi connectivity index (χ4v) is 4.91. The van der Waals surface area contributed by atoms with Crippen LogP contribution in [-0.4, -0.2) is 56.2 Å². The van der Waals surface area contributed by atoms with Gasteiger partial charge in [0.05, 0.1) is 24.4 Å². The quantitative estimate of drug-likeness (QED) is 0.478. The van der Waals surface area contributed by atoms with E-state index in [0.29, 0.717) is 0 Å².